The maximum Gasteiger partial charge on any atom is 0.231 e. The number of nitrogens with zero attached hydrogens (tertiary/aromatic N) is 7. The molecular weight excluding hydrogens is 468 g/mol. The number of pyridine rings is 1. The van der Waals surface area contributed by atoms with Crippen LogP contribution in [0.15, 0.2) is 42.7 Å². The summed E-state index contributed by atoms with van der Waals surface area (Å²) in [6.45, 7) is 5.17. The normalized spacial score (nSPS) is 11.8. The molecule has 1 aromatic carbocycles. The van der Waals surface area contributed by atoms with Gasteiger partial charge in [-0.1, -0.05) is 57.4 Å². The molecule has 10 nitrogen and oxygen atoms in total. The van der Waals surface area contributed by atoms with Crippen LogP contribution >= 0.6 is 0 Å². The Morgan fingerprint density at radius 2 is 1.73 bits per heavy atom. The summed E-state index contributed by atoms with van der Waals surface area (Å²) < 4.78 is 13.7. The van der Waals surface area contributed by atoms with Gasteiger partial charge in [0.15, 0.2) is 5.82 Å². The molecule has 0 saturated heterocycles. The molecule has 0 saturated carbocycles. The molecule has 3 aromatic heterocycles. The van der Waals surface area contributed by atoms with E-state index in [1.165, 1.54) is 0 Å². The van der Waals surface area contributed by atoms with Crippen molar-refractivity contribution in [3.8, 4) is 22.5 Å². The van der Waals surface area contributed by atoms with Crippen molar-refractivity contribution in [1.29, 1.82) is 0 Å². The first-order valence-electron chi connectivity index (χ1n) is 13.0. The number of rotatable bonds is 14. The summed E-state index contributed by atoms with van der Waals surface area (Å²) in [5.74, 6) is 1.16. The van der Waals surface area contributed by atoms with Gasteiger partial charge in [-0.25, -0.2) is 14.8 Å². The molecule has 0 bridgehead atoms. The fourth-order valence-corrected chi connectivity index (χ4v) is 4.44. The van der Waals surface area contributed by atoms with Crippen LogP contribution in [0, 0.1) is 0 Å². The van der Waals surface area contributed by atoms with Crippen LogP contribution in [0.4, 0.5) is 0 Å². The standard InChI is InChI=1S/C27H36N8O2/c1-5-7-9-17-35-24(29-26(32-35)27(36-3,37-4)15-8-6-2)18-20-10-12-21(13-11-20)22-14-16-28-19-23(22)25-30-33-34-31-25/h10-14,16,19H,5-9,15,17-18H2,1-4H3,(H,30,31,33,34). The van der Waals surface area contributed by atoms with E-state index in [9.17, 15) is 0 Å². The van der Waals surface area contributed by atoms with E-state index in [4.69, 9.17) is 19.6 Å². The molecule has 0 aliphatic rings. The summed E-state index contributed by atoms with van der Waals surface area (Å²) in [6, 6.07) is 10.4. The topological polar surface area (TPSA) is 117 Å². The second-order valence-electron chi connectivity index (χ2n) is 9.09. The number of hydrogen-bond donors (Lipinski definition) is 1. The third kappa shape index (κ3) is 6.08. The molecule has 10 heteroatoms. The fourth-order valence-electron chi connectivity index (χ4n) is 4.44. The molecule has 0 aliphatic heterocycles. The molecule has 0 spiro atoms. The van der Waals surface area contributed by atoms with Gasteiger partial charge in [-0.3, -0.25) is 4.98 Å². The highest BCUT2D eigenvalue weighted by atomic mass is 16.7. The Balaban J connectivity index is 1.61. The van der Waals surface area contributed by atoms with Crippen molar-refractivity contribution in [3.05, 3.63) is 59.9 Å². The zero-order chi connectivity index (χ0) is 26.1. The SMILES string of the molecule is CCCCCn1nc(C(CCCC)(OC)OC)nc1Cc1ccc(-c2ccncc2-c2nnn[nH]2)cc1. The largest absolute Gasteiger partial charge is 0.347 e. The highest BCUT2D eigenvalue weighted by Crippen LogP contribution is 2.31. The number of methoxy groups -OCH3 is 2. The Kier molecular flexibility index (Phi) is 9.08. The maximum atomic E-state index is 5.84. The van der Waals surface area contributed by atoms with Gasteiger partial charge < -0.3 is 9.47 Å². The van der Waals surface area contributed by atoms with E-state index in [1.807, 2.05) is 10.7 Å². The van der Waals surface area contributed by atoms with Crippen LogP contribution in [-0.4, -0.2) is 54.6 Å². The average molecular weight is 505 g/mol. The molecule has 0 unspecified atom stereocenters. The minimum absolute atomic E-state index is 0.586. The lowest BCUT2D eigenvalue weighted by molar-refractivity contribution is -0.226. The molecule has 4 aromatic rings. The summed E-state index contributed by atoms with van der Waals surface area (Å²) in [4.78, 5) is 9.19. The van der Waals surface area contributed by atoms with Crippen LogP contribution in [0.25, 0.3) is 22.5 Å². The summed E-state index contributed by atoms with van der Waals surface area (Å²) in [6.07, 6.45) is 10.2. The smallest absolute Gasteiger partial charge is 0.231 e. The quantitative estimate of drug-likeness (QED) is 0.190. The lowest BCUT2D eigenvalue weighted by atomic mass is 9.99. The van der Waals surface area contributed by atoms with Gasteiger partial charge in [0.2, 0.25) is 11.6 Å². The number of ether oxygens (including phenoxy) is 2. The van der Waals surface area contributed by atoms with Gasteiger partial charge in [0.05, 0.1) is 0 Å². The summed E-state index contributed by atoms with van der Waals surface area (Å²) in [5, 5.41) is 19.1. The number of aryl methyl sites for hydroxylation is 1. The highest BCUT2D eigenvalue weighted by Gasteiger charge is 2.37. The third-order valence-corrected chi connectivity index (χ3v) is 6.63. The molecule has 3 heterocycles. The lowest BCUT2D eigenvalue weighted by Gasteiger charge is -2.27. The molecule has 37 heavy (non-hydrogen) atoms. The second-order valence-corrected chi connectivity index (χ2v) is 9.09. The number of benzene rings is 1. The van der Waals surface area contributed by atoms with Crippen LogP contribution < -0.4 is 0 Å². The fraction of sp³-hybridized carbons (Fsp3) is 0.481. The zero-order valence-electron chi connectivity index (χ0n) is 22.1. The number of aromatic amines is 1. The first kappa shape index (κ1) is 26.6. The van der Waals surface area contributed by atoms with Gasteiger partial charge in [-0.2, -0.15) is 5.10 Å². The van der Waals surface area contributed by atoms with Gasteiger partial charge in [0.1, 0.15) is 5.82 Å². The Morgan fingerprint density at radius 1 is 0.946 bits per heavy atom. The maximum absolute atomic E-state index is 5.84. The molecular formula is C27H36N8O2. The van der Waals surface area contributed by atoms with E-state index in [-0.39, 0.29) is 0 Å². The highest BCUT2D eigenvalue weighted by molar-refractivity contribution is 5.79. The number of unbranched alkanes of at least 4 members (excludes halogenated alkanes) is 3. The second kappa shape index (κ2) is 12.6. The zero-order valence-corrected chi connectivity index (χ0v) is 22.1. The molecule has 0 amide bonds. The molecule has 0 atom stereocenters. The molecule has 0 fully saturated rings. The summed E-state index contributed by atoms with van der Waals surface area (Å²) in [5.41, 5.74) is 4.06. The van der Waals surface area contributed by atoms with Crippen molar-refractivity contribution in [1.82, 2.24) is 40.4 Å². The number of H-pyrrole nitrogens is 1. The number of hydrogen-bond acceptors (Lipinski definition) is 8. The number of tetrazole rings is 1. The molecule has 0 radical (unpaired) electrons. The van der Waals surface area contributed by atoms with Gasteiger partial charge in [-0.15, -0.1) is 5.10 Å². The van der Waals surface area contributed by atoms with Crippen LogP contribution in [0.2, 0.25) is 0 Å². The van der Waals surface area contributed by atoms with Crippen molar-refractivity contribution in [2.45, 2.75) is 71.1 Å². The Morgan fingerprint density at radius 3 is 2.41 bits per heavy atom. The molecule has 4 rings (SSSR count). The Bertz CT molecular complexity index is 1230. The summed E-state index contributed by atoms with van der Waals surface area (Å²) in [7, 11) is 3.33. The van der Waals surface area contributed by atoms with E-state index in [0.717, 1.165) is 66.7 Å². The number of nitrogens with one attached hydrogen (secondary N) is 1. The van der Waals surface area contributed by atoms with Crippen LogP contribution in [0.1, 0.15) is 69.6 Å². The van der Waals surface area contributed by atoms with Gasteiger partial charge in [0, 0.05) is 51.6 Å². The van der Waals surface area contributed by atoms with Gasteiger partial charge in [0.25, 0.3) is 0 Å². The summed E-state index contributed by atoms with van der Waals surface area (Å²) >= 11 is 0. The Hall–Kier alpha value is -3.50. The van der Waals surface area contributed by atoms with Crippen molar-refractivity contribution in [3.63, 3.8) is 0 Å². The predicted molar refractivity (Wildman–Crippen MR) is 140 cm³/mol. The van der Waals surface area contributed by atoms with E-state index in [1.54, 1.807) is 26.6 Å². The van der Waals surface area contributed by atoms with E-state index >= 15 is 0 Å². The molecule has 196 valence electrons. The molecule has 0 aliphatic carbocycles. The van der Waals surface area contributed by atoms with E-state index < -0.39 is 5.79 Å². The molecule has 1 N–H and O–H groups in total. The average Bonchev–Trinajstić information content (AvgIpc) is 3.62. The van der Waals surface area contributed by atoms with E-state index in [0.29, 0.717) is 24.5 Å². The minimum atomic E-state index is -0.933. The monoisotopic (exact) mass is 504 g/mol. The van der Waals surface area contributed by atoms with E-state index in [2.05, 4.69) is 63.7 Å². The van der Waals surface area contributed by atoms with Crippen LogP contribution in [-0.2, 0) is 28.2 Å². The minimum Gasteiger partial charge on any atom is -0.347 e. The van der Waals surface area contributed by atoms with Gasteiger partial charge in [-0.05, 0) is 46.0 Å². The first-order chi connectivity index (χ1) is 18.1. The lowest BCUT2D eigenvalue weighted by Crippen LogP contribution is -2.32. The van der Waals surface area contributed by atoms with Crippen molar-refractivity contribution < 1.29 is 9.47 Å². The first-order valence-corrected chi connectivity index (χ1v) is 13.0. The van der Waals surface area contributed by atoms with Crippen LogP contribution in [0.3, 0.4) is 0 Å². The van der Waals surface area contributed by atoms with Gasteiger partial charge >= 0.3 is 0 Å². The van der Waals surface area contributed by atoms with Crippen molar-refractivity contribution in [2.75, 3.05) is 14.2 Å². The number of aromatic nitrogens is 8. The van der Waals surface area contributed by atoms with Crippen molar-refractivity contribution >= 4 is 0 Å². The van der Waals surface area contributed by atoms with Crippen LogP contribution in [0.5, 0.6) is 0 Å². The predicted octanol–water partition coefficient (Wildman–Crippen LogP) is 4.94. The Labute approximate surface area is 217 Å². The third-order valence-electron chi connectivity index (χ3n) is 6.63. The van der Waals surface area contributed by atoms with Crippen molar-refractivity contribution in [2.24, 2.45) is 0 Å².